The second kappa shape index (κ2) is 5.93. The molecule has 0 bridgehead atoms. The summed E-state index contributed by atoms with van der Waals surface area (Å²) in [4.78, 5) is 11.2. The maximum absolute atomic E-state index is 11.2. The summed E-state index contributed by atoms with van der Waals surface area (Å²) in [6.45, 7) is 6.05. The number of amides is 1. The average Bonchev–Trinajstić information content (AvgIpc) is 2.36. The third kappa shape index (κ3) is 3.86. The van der Waals surface area contributed by atoms with Crippen LogP contribution in [0.2, 0.25) is 0 Å². The standard InChI is InChI=1S/C14H22N2O3/c1-9(16-8-14(2,3)13(15)18)10-5-6-11(17)12(7-10)19-4/h5-7,9,16-17H,8H2,1-4H3,(H2,15,18). The van der Waals surface area contributed by atoms with Crippen molar-refractivity contribution in [3.63, 3.8) is 0 Å². The van der Waals surface area contributed by atoms with E-state index in [0.717, 1.165) is 5.56 Å². The second-order valence-corrected chi connectivity index (χ2v) is 5.28. The zero-order valence-corrected chi connectivity index (χ0v) is 11.9. The first-order valence-electron chi connectivity index (χ1n) is 6.18. The number of carbonyl (C=O) groups is 1. The van der Waals surface area contributed by atoms with Crippen LogP contribution >= 0.6 is 0 Å². The summed E-state index contributed by atoms with van der Waals surface area (Å²) in [6, 6.07) is 5.19. The number of phenolic OH excluding ortho intramolecular Hbond substituents is 1. The van der Waals surface area contributed by atoms with E-state index in [0.29, 0.717) is 12.3 Å². The van der Waals surface area contributed by atoms with Gasteiger partial charge in [-0.15, -0.1) is 0 Å². The predicted octanol–water partition coefficient (Wildman–Crippen LogP) is 1.56. The molecular formula is C14H22N2O3. The van der Waals surface area contributed by atoms with Crippen molar-refractivity contribution in [2.75, 3.05) is 13.7 Å². The van der Waals surface area contributed by atoms with Crippen molar-refractivity contribution in [3.8, 4) is 11.5 Å². The van der Waals surface area contributed by atoms with Crippen LogP contribution in [0, 0.1) is 5.41 Å². The second-order valence-electron chi connectivity index (χ2n) is 5.28. The molecule has 1 atom stereocenters. The van der Waals surface area contributed by atoms with Gasteiger partial charge in [-0.25, -0.2) is 0 Å². The van der Waals surface area contributed by atoms with Gasteiger partial charge in [0.15, 0.2) is 11.5 Å². The number of nitrogens with two attached hydrogens (primary N) is 1. The summed E-state index contributed by atoms with van der Waals surface area (Å²) in [7, 11) is 1.51. The van der Waals surface area contributed by atoms with Gasteiger partial charge < -0.3 is 20.9 Å². The van der Waals surface area contributed by atoms with E-state index in [1.165, 1.54) is 7.11 Å². The van der Waals surface area contributed by atoms with Crippen molar-refractivity contribution in [2.45, 2.75) is 26.8 Å². The Labute approximate surface area is 113 Å². The highest BCUT2D eigenvalue weighted by Gasteiger charge is 2.25. The highest BCUT2D eigenvalue weighted by atomic mass is 16.5. The molecule has 0 radical (unpaired) electrons. The van der Waals surface area contributed by atoms with E-state index in [9.17, 15) is 9.90 Å². The normalized spacial score (nSPS) is 13.1. The molecule has 1 amide bonds. The van der Waals surface area contributed by atoms with Gasteiger partial charge in [-0.2, -0.15) is 0 Å². The topological polar surface area (TPSA) is 84.6 Å². The molecule has 0 fully saturated rings. The fourth-order valence-electron chi connectivity index (χ4n) is 1.58. The van der Waals surface area contributed by atoms with Gasteiger partial charge in [-0.1, -0.05) is 6.07 Å². The van der Waals surface area contributed by atoms with Crippen molar-refractivity contribution in [1.82, 2.24) is 5.32 Å². The summed E-state index contributed by atoms with van der Waals surface area (Å²) in [5, 5.41) is 12.8. The predicted molar refractivity (Wildman–Crippen MR) is 74.1 cm³/mol. The first-order valence-corrected chi connectivity index (χ1v) is 6.18. The van der Waals surface area contributed by atoms with E-state index < -0.39 is 5.41 Å². The molecule has 0 aliphatic rings. The molecule has 19 heavy (non-hydrogen) atoms. The zero-order chi connectivity index (χ0) is 14.6. The molecule has 0 aliphatic carbocycles. The summed E-state index contributed by atoms with van der Waals surface area (Å²) in [5.74, 6) is 0.201. The van der Waals surface area contributed by atoms with Crippen LogP contribution in [0.4, 0.5) is 0 Å². The zero-order valence-electron chi connectivity index (χ0n) is 11.9. The summed E-state index contributed by atoms with van der Waals surface area (Å²) >= 11 is 0. The highest BCUT2D eigenvalue weighted by Crippen LogP contribution is 2.29. The number of primary amides is 1. The maximum Gasteiger partial charge on any atom is 0.224 e. The average molecular weight is 266 g/mol. The minimum absolute atomic E-state index is 0.0214. The maximum atomic E-state index is 11.2. The third-order valence-corrected chi connectivity index (χ3v) is 3.22. The number of benzene rings is 1. The number of phenols is 1. The van der Waals surface area contributed by atoms with Gasteiger partial charge in [0.2, 0.25) is 5.91 Å². The van der Waals surface area contributed by atoms with E-state index >= 15 is 0 Å². The third-order valence-electron chi connectivity index (χ3n) is 3.22. The molecule has 0 saturated carbocycles. The van der Waals surface area contributed by atoms with Crippen molar-refractivity contribution < 1.29 is 14.6 Å². The van der Waals surface area contributed by atoms with Crippen LogP contribution in [0.3, 0.4) is 0 Å². The molecule has 1 aromatic carbocycles. The van der Waals surface area contributed by atoms with E-state index in [4.69, 9.17) is 10.5 Å². The van der Waals surface area contributed by atoms with E-state index in [1.807, 2.05) is 13.0 Å². The molecule has 1 rings (SSSR count). The molecule has 0 heterocycles. The lowest BCUT2D eigenvalue weighted by molar-refractivity contribution is -0.125. The molecule has 5 heteroatoms. The molecule has 0 aliphatic heterocycles. The van der Waals surface area contributed by atoms with Gasteiger partial charge in [0.1, 0.15) is 0 Å². The fourth-order valence-corrected chi connectivity index (χ4v) is 1.58. The van der Waals surface area contributed by atoms with Gasteiger partial charge in [-0.3, -0.25) is 4.79 Å². The van der Waals surface area contributed by atoms with E-state index in [-0.39, 0.29) is 17.7 Å². The van der Waals surface area contributed by atoms with Gasteiger partial charge >= 0.3 is 0 Å². The van der Waals surface area contributed by atoms with Crippen LogP contribution in [-0.4, -0.2) is 24.7 Å². The Morgan fingerprint density at radius 1 is 1.53 bits per heavy atom. The summed E-state index contributed by atoms with van der Waals surface area (Å²) in [5.41, 5.74) is 5.69. The summed E-state index contributed by atoms with van der Waals surface area (Å²) < 4.78 is 5.07. The fraction of sp³-hybridized carbons (Fsp3) is 0.500. The Morgan fingerprint density at radius 2 is 2.16 bits per heavy atom. The molecule has 1 unspecified atom stereocenters. The minimum atomic E-state index is -0.602. The van der Waals surface area contributed by atoms with Gasteiger partial charge in [-0.05, 0) is 38.5 Å². The van der Waals surface area contributed by atoms with Crippen molar-refractivity contribution in [1.29, 1.82) is 0 Å². The van der Waals surface area contributed by atoms with Crippen LogP contribution < -0.4 is 15.8 Å². The Bertz CT molecular complexity index is 458. The van der Waals surface area contributed by atoms with Crippen LogP contribution in [-0.2, 0) is 4.79 Å². The van der Waals surface area contributed by atoms with Crippen molar-refractivity contribution in [3.05, 3.63) is 23.8 Å². The molecular weight excluding hydrogens is 244 g/mol. The number of hydrogen-bond acceptors (Lipinski definition) is 4. The first kappa shape index (κ1) is 15.3. The highest BCUT2D eigenvalue weighted by molar-refractivity contribution is 5.80. The summed E-state index contributed by atoms with van der Waals surface area (Å²) in [6.07, 6.45) is 0. The molecule has 0 aromatic heterocycles. The monoisotopic (exact) mass is 266 g/mol. The molecule has 1 aromatic rings. The van der Waals surface area contributed by atoms with Crippen molar-refractivity contribution >= 4 is 5.91 Å². The Hall–Kier alpha value is -1.75. The SMILES string of the molecule is COc1cc(C(C)NCC(C)(C)C(N)=O)ccc1O. The van der Waals surface area contributed by atoms with Gasteiger partial charge in [0.25, 0.3) is 0 Å². The number of hydrogen-bond donors (Lipinski definition) is 3. The number of carbonyl (C=O) groups excluding carboxylic acids is 1. The number of aromatic hydroxyl groups is 1. The lowest BCUT2D eigenvalue weighted by atomic mass is 9.92. The Morgan fingerprint density at radius 3 is 2.68 bits per heavy atom. The molecule has 0 spiro atoms. The van der Waals surface area contributed by atoms with Crippen molar-refractivity contribution in [2.24, 2.45) is 11.1 Å². The Kier molecular flexibility index (Phi) is 4.78. The smallest absolute Gasteiger partial charge is 0.224 e. The van der Waals surface area contributed by atoms with E-state index in [2.05, 4.69) is 5.32 Å². The number of ether oxygens (including phenoxy) is 1. The van der Waals surface area contributed by atoms with Crippen LogP contribution in [0.25, 0.3) is 0 Å². The lowest BCUT2D eigenvalue weighted by Gasteiger charge is -2.24. The molecule has 5 nitrogen and oxygen atoms in total. The quantitative estimate of drug-likeness (QED) is 0.729. The molecule has 0 saturated heterocycles. The van der Waals surface area contributed by atoms with Gasteiger partial charge in [0, 0.05) is 12.6 Å². The minimum Gasteiger partial charge on any atom is -0.504 e. The van der Waals surface area contributed by atoms with Crippen LogP contribution in [0.5, 0.6) is 11.5 Å². The first-order chi connectivity index (χ1) is 8.77. The largest absolute Gasteiger partial charge is 0.504 e. The lowest BCUT2D eigenvalue weighted by Crippen LogP contribution is -2.41. The number of rotatable bonds is 6. The Balaban J connectivity index is 2.73. The molecule has 106 valence electrons. The molecule has 4 N–H and O–H groups in total. The number of nitrogens with one attached hydrogen (secondary N) is 1. The van der Waals surface area contributed by atoms with Crippen LogP contribution in [0.1, 0.15) is 32.4 Å². The van der Waals surface area contributed by atoms with Gasteiger partial charge in [0.05, 0.1) is 12.5 Å². The van der Waals surface area contributed by atoms with E-state index in [1.54, 1.807) is 26.0 Å². The number of methoxy groups -OCH3 is 1. The van der Waals surface area contributed by atoms with Crippen LogP contribution in [0.15, 0.2) is 18.2 Å².